The maximum Gasteiger partial charge on any atom is 0.406 e. The van der Waals surface area contributed by atoms with E-state index in [2.05, 4.69) is 4.98 Å². The van der Waals surface area contributed by atoms with Gasteiger partial charge in [0.2, 0.25) is 0 Å². The summed E-state index contributed by atoms with van der Waals surface area (Å²) in [6, 6.07) is 6.65. The number of fused-ring (bicyclic) bond motifs is 1. The molecule has 0 fully saturated rings. The molecule has 0 saturated carbocycles. The molecule has 0 saturated heterocycles. The molecule has 2 aromatic rings. The highest BCUT2D eigenvalue weighted by Crippen LogP contribution is 2.20. The van der Waals surface area contributed by atoms with E-state index in [1.807, 2.05) is 6.92 Å². The first-order valence-corrected chi connectivity index (χ1v) is 6.84. The number of aromatic amines is 1. The van der Waals surface area contributed by atoms with E-state index < -0.39 is 18.6 Å². The number of rotatable bonds is 5. The van der Waals surface area contributed by atoms with Crippen molar-refractivity contribution in [1.29, 1.82) is 0 Å². The molecule has 0 aliphatic heterocycles. The van der Waals surface area contributed by atoms with Gasteiger partial charge in [0.05, 0.1) is 0 Å². The maximum absolute atomic E-state index is 12.6. The Bertz CT molecular complexity index is 619. The minimum atomic E-state index is -4.39. The van der Waals surface area contributed by atoms with Gasteiger partial charge in [-0.15, -0.1) is 0 Å². The summed E-state index contributed by atoms with van der Waals surface area (Å²) in [6.07, 6.45) is -1.38. The van der Waals surface area contributed by atoms with Crippen LogP contribution in [0.2, 0.25) is 0 Å². The molecule has 0 unspecified atom stereocenters. The molecule has 0 radical (unpaired) electrons. The van der Waals surface area contributed by atoms with Gasteiger partial charge in [0, 0.05) is 29.2 Å². The summed E-state index contributed by atoms with van der Waals surface area (Å²) in [6.45, 7) is 0.777. The highest BCUT2D eigenvalue weighted by Gasteiger charge is 2.33. The largest absolute Gasteiger partial charge is 0.406 e. The summed E-state index contributed by atoms with van der Waals surface area (Å²) in [5.41, 5.74) is 1.13. The Balaban J connectivity index is 2.22. The van der Waals surface area contributed by atoms with Crippen LogP contribution < -0.4 is 0 Å². The molecular weight excluding hydrogens is 281 g/mol. The number of amides is 1. The normalized spacial score (nSPS) is 11.8. The van der Waals surface area contributed by atoms with Gasteiger partial charge in [-0.25, -0.2) is 0 Å². The number of carbonyl (C=O) groups is 1. The summed E-state index contributed by atoms with van der Waals surface area (Å²) in [5.74, 6) is -0.580. The number of benzene rings is 1. The van der Waals surface area contributed by atoms with Gasteiger partial charge in [0.15, 0.2) is 0 Å². The smallest absolute Gasteiger partial charge is 0.361 e. The predicted molar refractivity (Wildman–Crippen MR) is 75.2 cm³/mol. The van der Waals surface area contributed by atoms with E-state index in [1.165, 1.54) is 0 Å². The number of nitrogens with one attached hydrogen (secondary N) is 1. The van der Waals surface area contributed by atoms with Gasteiger partial charge in [-0.1, -0.05) is 13.3 Å². The molecule has 0 atom stereocenters. The monoisotopic (exact) mass is 298 g/mol. The first-order valence-electron chi connectivity index (χ1n) is 6.84. The van der Waals surface area contributed by atoms with Gasteiger partial charge >= 0.3 is 6.18 Å². The Hall–Kier alpha value is -1.98. The maximum atomic E-state index is 12.6. The molecule has 0 aliphatic rings. The highest BCUT2D eigenvalue weighted by molar-refractivity contribution is 5.98. The van der Waals surface area contributed by atoms with Crippen molar-refractivity contribution in [1.82, 2.24) is 9.88 Å². The number of carbonyl (C=O) groups excluding carboxylic acids is 1. The van der Waals surface area contributed by atoms with Crippen molar-refractivity contribution in [3.8, 4) is 0 Å². The molecule has 1 aromatic carbocycles. The number of nitrogens with zero attached hydrogens (tertiary/aromatic N) is 1. The summed E-state index contributed by atoms with van der Waals surface area (Å²) >= 11 is 0. The van der Waals surface area contributed by atoms with E-state index >= 15 is 0 Å². The quantitative estimate of drug-likeness (QED) is 0.890. The van der Waals surface area contributed by atoms with E-state index in [0.29, 0.717) is 6.42 Å². The van der Waals surface area contributed by atoms with Crippen molar-refractivity contribution in [3.05, 3.63) is 36.0 Å². The molecule has 3 nitrogen and oxygen atoms in total. The summed E-state index contributed by atoms with van der Waals surface area (Å²) < 4.78 is 37.8. The lowest BCUT2D eigenvalue weighted by Gasteiger charge is -2.24. The third-order valence-electron chi connectivity index (χ3n) is 3.24. The highest BCUT2D eigenvalue weighted by atomic mass is 19.4. The van der Waals surface area contributed by atoms with Crippen LogP contribution >= 0.6 is 0 Å². The van der Waals surface area contributed by atoms with E-state index in [9.17, 15) is 18.0 Å². The minimum absolute atomic E-state index is 0.111. The molecular formula is C15H17F3N2O. The second kappa shape index (κ2) is 6.20. The average molecular weight is 298 g/mol. The summed E-state index contributed by atoms with van der Waals surface area (Å²) in [7, 11) is 0. The number of unbranched alkanes of at least 4 members (excludes halogenated alkanes) is 1. The van der Waals surface area contributed by atoms with Gasteiger partial charge in [-0.3, -0.25) is 4.79 Å². The lowest BCUT2D eigenvalue weighted by atomic mass is 10.1. The number of alkyl halides is 3. The third-order valence-corrected chi connectivity index (χ3v) is 3.24. The molecule has 1 N–H and O–H groups in total. The fourth-order valence-corrected chi connectivity index (χ4v) is 2.19. The zero-order valence-electron chi connectivity index (χ0n) is 11.7. The lowest BCUT2D eigenvalue weighted by molar-refractivity contribution is -0.140. The van der Waals surface area contributed by atoms with Gasteiger partial charge in [0.1, 0.15) is 6.54 Å². The SMILES string of the molecule is CCCCN(CC(F)(F)F)C(=O)c1ccc2[nH]ccc2c1. The first kappa shape index (κ1) is 15.4. The molecule has 0 spiro atoms. The zero-order chi connectivity index (χ0) is 15.5. The molecule has 0 bridgehead atoms. The zero-order valence-corrected chi connectivity index (χ0v) is 11.7. The van der Waals surface area contributed by atoms with Gasteiger partial charge in [-0.05, 0) is 30.7 Å². The number of hydrogen-bond acceptors (Lipinski definition) is 1. The van der Waals surface area contributed by atoms with Gasteiger partial charge < -0.3 is 9.88 Å². The van der Waals surface area contributed by atoms with Crippen LogP contribution in [0, 0.1) is 0 Å². The summed E-state index contributed by atoms with van der Waals surface area (Å²) in [4.78, 5) is 16.2. The Morgan fingerprint density at radius 2 is 2.05 bits per heavy atom. The Morgan fingerprint density at radius 1 is 1.29 bits per heavy atom. The van der Waals surface area contributed by atoms with Crippen LogP contribution in [0.3, 0.4) is 0 Å². The van der Waals surface area contributed by atoms with Crippen LogP contribution in [-0.4, -0.2) is 35.1 Å². The molecule has 0 aliphatic carbocycles. The molecule has 1 heterocycles. The van der Waals surface area contributed by atoms with E-state index in [4.69, 9.17) is 0 Å². The third kappa shape index (κ3) is 4.00. The van der Waals surface area contributed by atoms with Crippen LogP contribution in [0.15, 0.2) is 30.5 Å². The van der Waals surface area contributed by atoms with E-state index in [-0.39, 0.29) is 12.1 Å². The Morgan fingerprint density at radius 3 is 2.71 bits per heavy atom. The van der Waals surface area contributed by atoms with Crippen molar-refractivity contribution in [3.63, 3.8) is 0 Å². The van der Waals surface area contributed by atoms with Crippen molar-refractivity contribution in [2.75, 3.05) is 13.1 Å². The minimum Gasteiger partial charge on any atom is -0.361 e. The fraction of sp³-hybridized carbons (Fsp3) is 0.400. The molecule has 2 rings (SSSR count). The number of halogens is 3. The predicted octanol–water partition coefficient (Wildman–Crippen LogP) is 3.97. The number of aromatic nitrogens is 1. The van der Waals surface area contributed by atoms with Crippen molar-refractivity contribution in [2.45, 2.75) is 25.9 Å². The van der Waals surface area contributed by atoms with Crippen molar-refractivity contribution in [2.24, 2.45) is 0 Å². The van der Waals surface area contributed by atoms with Gasteiger partial charge in [0.25, 0.3) is 5.91 Å². The molecule has 21 heavy (non-hydrogen) atoms. The first-order chi connectivity index (χ1) is 9.90. The van der Waals surface area contributed by atoms with Crippen LogP contribution in [-0.2, 0) is 0 Å². The van der Waals surface area contributed by atoms with Crippen LogP contribution in [0.5, 0.6) is 0 Å². The topological polar surface area (TPSA) is 36.1 Å². The molecule has 1 aromatic heterocycles. The van der Waals surface area contributed by atoms with Crippen LogP contribution in [0.1, 0.15) is 30.1 Å². The number of hydrogen-bond donors (Lipinski definition) is 1. The number of H-pyrrole nitrogens is 1. The van der Waals surface area contributed by atoms with Crippen molar-refractivity contribution < 1.29 is 18.0 Å². The van der Waals surface area contributed by atoms with Crippen LogP contribution in [0.25, 0.3) is 10.9 Å². The average Bonchev–Trinajstić information content (AvgIpc) is 2.88. The second-order valence-corrected chi connectivity index (χ2v) is 4.98. The Labute approximate surface area is 120 Å². The van der Waals surface area contributed by atoms with E-state index in [1.54, 1.807) is 30.5 Å². The fourth-order valence-electron chi connectivity index (χ4n) is 2.19. The molecule has 6 heteroatoms. The van der Waals surface area contributed by atoms with Crippen LogP contribution in [0.4, 0.5) is 13.2 Å². The standard InChI is InChI=1S/C15H17F3N2O/c1-2-3-8-20(10-15(16,17)18)14(21)12-4-5-13-11(9-12)6-7-19-13/h4-7,9,19H,2-3,8,10H2,1H3. The lowest BCUT2D eigenvalue weighted by Crippen LogP contribution is -2.39. The van der Waals surface area contributed by atoms with E-state index in [0.717, 1.165) is 22.2 Å². The van der Waals surface area contributed by atoms with Crippen molar-refractivity contribution >= 4 is 16.8 Å². The Kier molecular flexibility index (Phi) is 4.55. The second-order valence-electron chi connectivity index (χ2n) is 4.98. The molecule has 114 valence electrons. The summed E-state index contributed by atoms with van der Waals surface area (Å²) in [5, 5.41) is 0.809. The molecule has 1 amide bonds. The van der Waals surface area contributed by atoms with Gasteiger partial charge in [-0.2, -0.15) is 13.2 Å².